The van der Waals surface area contributed by atoms with Crippen LogP contribution in [0.5, 0.6) is 5.75 Å². The summed E-state index contributed by atoms with van der Waals surface area (Å²) in [6, 6.07) is 3.91. The van der Waals surface area contributed by atoms with E-state index in [9.17, 15) is 0 Å². The van der Waals surface area contributed by atoms with Gasteiger partial charge in [0.15, 0.2) is 0 Å². The average Bonchev–Trinajstić information content (AvgIpc) is 2.84. The number of rotatable bonds is 5. The highest BCUT2D eigenvalue weighted by Crippen LogP contribution is 2.39. The quantitative estimate of drug-likeness (QED) is 0.871. The first-order valence-electron chi connectivity index (χ1n) is 6.57. The Hall–Kier alpha value is -1.13. The first-order chi connectivity index (χ1) is 8.71. The molecule has 2 rings (SSSR count). The fraction of sp³-hybridized carbons (Fsp3) is 0.643. The molecule has 4 heteroatoms. The summed E-state index contributed by atoms with van der Waals surface area (Å²) >= 11 is 0. The van der Waals surface area contributed by atoms with E-state index in [2.05, 4.69) is 24.1 Å². The average molecular weight is 250 g/mol. The molecule has 1 saturated heterocycles. The van der Waals surface area contributed by atoms with Gasteiger partial charge >= 0.3 is 0 Å². The fourth-order valence-corrected chi connectivity index (χ4v) is 2.63. The summed E-state index contributed by atoms with van der Waals surface area (Å²) < 4.78 is 11.4. The highest BCUT2D eigenvalue weighted by Gasteiger charge is 2.40. The van der Waals surface area contributed by atoms with E-state index in [4.69, 9.17) is 9.47 Å². The van der Waals surface area contributed by atoms with E-state index in [-0.39, 0.29) is 11.6 Å². The van der Waals surface area contributed by atoms with Crippen molar-refractivity contribution in [3.8, 4) is 5.75 Å². The summed E-state index contributed by atoms with van der Waals surface area (Å²) in [4.78, 5) is 4.49. The van der Waals surface area contributed by atoms with Gasteiger partial charge in [0, 0.05) is 12.8 Å². The maximum Gasteiger partial charge on any atom is 0.142 e. The largest absolute Gasteiger partial charge is 0.495 e. The zero-order chi connectivity index (χ0) is 13.0. The highest BCUT2D eigenvalue weighted by atomic mass is 16.5. The van der Waals surface area contributed by atoms with Crippen molar-refractivity contribution in [1.29, 1.82) is 0 Å². The van der Waals surface area contributed by atoms with Gasteiger partial charge in [0.25, 0.3) is 0 Å². The lowest BCUT2D eigenvalue weighted by atomic mass is 9.90. The van der Waals surface area contributed by atoms with Gasteiger partial charge in [-0.25, -0.2) is 0 Å². The molecule has 0 aliphatic carbocycles. The molecule has 0 radical (unpaired) electrons. The van der Waals surface area contributed by atoms with Crippen molar-refractivity contribution in [3.63, 3.8) is 0 Å². The van der Waals surface area contributed by atoms with Crippen LogP contribution in [-0.4, -0.2) is 30.8 Å². The zero-order valence-electron chi connectivity index (χ0n) is 11.4. The predicted molar refractivity (Wildman–Crippen MR) is 70.8 cm³/mol. The second-order valence-electron chi connectivity index (χ2n) is 4.85. The maximum absolute atomic E-state index is 5.95. The molecule has 0 bridgehead atoms. The molecule has 1 aliphatic heterocycles. The van der Waals surface area contributed by atoms with Gasteiger partial charge in [-0.2, -0.15) is 0 Å². The van der Waals surface area contributed by atoms with Crippen LogP contribution < -0.4 is 10.1 Å². The van der Waals surface area contributed by atoms with Crippen molar-refractivity contribution in [2.45, 2.75) is 38.3 Å². The Kier molecular flexibility index (Phi) is 4.19. The third kappa shape index (κ3) is 2.49. The van der Waals surface area contributed by atoms with E-state index in [0.717, 1.165) is 37.4 Å². The number of nitrogens with zero attached hydrogens (tertiary/aromatic N) is 1. The van der Waals surface area contributed by atoms with Crippen LogP contribution in [0.2, 0.25) is 0 Å². The molecule has 1 aliphatic rings. The first kappa shape index (κ1) is 13.3. The highest BCUT2D eigenvalue weighted by molar-refractivity contribution is 5.31. The lowest BCUT2D eigenvalue weighted by Gasteiger charge is -2.34. The van der Waals surface area contributed by atoms with Crippen molar-refractivity contribution in [2.75, 3.05) is 20.3 Å². The molecule has 0 saturated carbocycles. The van der Waals surface area contributed by atoms with Crippen molar-refractivity contribution in [3.05, 3.63) is 24.0 Å². The van der Waals surface area contributed by atoms with Crippen LogP contribution in [0.15, 0.2) is 18.3 Å². The number of nitrogens with one attached hydrogen (secondary N) is 1. The van der Waals surface area contributed by atoms with Gasteiger partial charge in [0.2, 0.25) is 0 Å². The second kappa shape index (κ2) is 5.67. The molecule has 2 atom stereocenters. The third-order valence-electron chi connectivity index (χ3n) is 3.56. The first-order valence-corrected chi connectivity index (χ1v) is 6.57. The SMILES string of the molecule is CCNC(c1ncccc1OC)C1(C)CCCO1. The van der Waals surface area contributed by atoms with E-state index in [0.29, 0.717) is 0 Å². The van der Waals surface area contributed by atoms with E-state index < -0.39 is 0 Å². The van der Waals surface area contributed by atoms with Crippen molar-refractivity contribution in [1.82, 2.24) is 10.3 Å². The van der Waals surface area contributed by atoms with Gasteiger partial charge < -0.3 is 14.8 Å². The van der Waals surface area contributed by atoms with Crippen molar-refractivity contribution in [2.24, 2.45) is 0 Å². The molecule has 4 nitrogen and oxygen atoms in total. The van der Waals surface area contributed by atoms with Crippen LogP contribution in [0, 0.1) is 0 Å². The molecule has 1 N–H and O–H groups in total. The van der Waals surface area contributed by atoms with Crippen LogP contribution in [0.4, 0.5) is 0 Å². The van der Waals surface area contributed by atoms with Gasteiger partial charge in [-0.15, -0.1) is 0 Å². The van der Waals surface area contributed by atoms with Gasteiger partial charge in [-0.05, 0) is 38.4 Å². The van der Waals surface area contributed by atoms with Crippen molar-refractivity contribution >= 4 is 0 Å². The third-order valence-corrected chi connectivity index (χ3v) is 3.56. The van der Waals surface area contributed by atoms with Crippen molar-refractivity contribution < 1.29 is 9.47 Å². The number of aromatic nitrogens is 1. The summed E-state index contributed by atoms with van der Waals surface area (Å²) in [7, 11) is 1.68. The fourth-order valence-electron chi connectivity index (χ4n) is 2.63. The smallest absolute Gasteiger partial charge is 0.142 e. The summed E-state index contributed by atoms with van der Waals surface area (Å²) in [5.74, 6) is 0.820. The minimum atomic E-state index is -0.197. The molecule has 0 spiro atoms. The summed E-state index contributed by atoms with van der Waals surface area (Å²) in [6.07, 6.45) is 3.96. The molecular formula is C14H22N2O2. The molecule has 18 heavy (non-hydrogen) atoms. The van der Waals surface area contributed by atoms with Crippen LogP contribution >= 0.6 is 0 Å². The predicted octanol–water partition coefficient (Wildman–Crippen LogP) is 2.31. The summed E-state index contributed by atoms with van der Waals surface area (Å²) in [6.45, 7) is 5.96. The van der Waals surface area contributed by atoms with Crippen LogP contribution in [0.1, 0.15) is 38.4 Å². The van der Waals surface area contributed by atoms with Crippen LogP contribution in [-0.2, 0) is 4.74 Å². The Labute approximate surface area is 109 Å². The maximum atomic E-state index is 5.95. The normalized spacial score (nSPS) is 25.1. The van der Waals surface area contributed by atoms with Crippen LogP contribution in [0.3, 0.4) is 0 Å². The van der Waals surface area contributed by atoms with Crippen LogP contribution in [0.25, 0.3) is 0 Å². The minimum Gasteiger partial charge on any atom is -0.495 e. The molecule has 1 aromatic heterocycles. The van der Waals surface area contributed by atoms with E-state index in [1.807, 2.05) is 12.1 Å². The molecule has 100 valence electrons. The monoisotopic (exact) mass is 250 g/mol. The molecule has 0 amide bonds. The Balaban J connectivity index is 2.34. The molecule has 1 aromatic rings. The number of methoxy groups -OCH3 is 1. The molecule has 0 aromatic carbocycles. The van der Waals surface area contributed by atoms with E-state index in [1.165, 1.54) is 0 Å². The zero-order valence-corrected chi connectivity index (χ0v) is 11.4. The summed E-state index contributed by atoms with van der Waals surface area (Å²) in [5.41, 5.74) is 0.740. The minimum absolute atomic E-state index is 0.0705. The second-order valence-corrected chi connectivity index (χ2v) is 4.85. The molecule has 1 fully saturated rings. The number of hydrogen-bond acceptors (Lipinski definition) is 4. The lowest BCUT2D eigenvalue weighted by Crippen LogP contribution is -2.41. The molecule has 2 unspecified atom stereocenters. The van der Waals surface area contributed by atoms with Gasteiger partial charge in [0.05, 0.1) is 18.8 Å². The topological polar surface area (TPSA) is 43.4 Å². The Bertz CT molecular complexity index is 389. The lowest BCUT2D eigenvalue weighted by molar-refractivity contribution is -0.0138. The van der Waals surface area contributed by atoms with Gasteiger partial charge in [0.1, 0.15) is 11.4 Å². The molecule has 2 heterocycles. The standard InChI is InChI=1S/C14H22N2O2/c1-4-15-13(14(2)8-6-10-18-14)12-11(17-3)7-5-9-16-12/h5,7,9,13,15H,4,6,8,10H2,1-3H3. The number of pyridine rings is 1. The number of ether oxygens (including phenoxy) is 2. The van der Waals surface area contributed by atoms with Gasteiger partial charge in [-0.3, -0.25) is 4.98 Å². The number of hydrogen-bond donors (Lipinski definition) is 1. The Morgan fingerprint density at radius 3 is 3.06 bits per heavy atom. The van der Waals surface area contributed by atoms with E-state index >= 15 is 0 Å². The number of likely N-dealkylation sites (N-methyl/N-ethyl adjacent to an activating group) is 1. The Morgan fingerprint density at radius 2 is 2.44 bits per heavy atom. The van der Waals surface area contributed by atoms with E-state index in [1.54, 1.807) is 13.3 Å². The Morgan fingerprint density at radius 1 is 1.61 bits per heavy atom. The summed E-state index contributed by atoms with van der Waals surface area (Å²) in [5, 5.41) is 3.49. The van der Waals surface area contributed by atoms with Gasteiger partial charge in [-0.1, -0.05) is 6.92 Å². The molecular weight excluding hydrogens is 228 g/mol.